The number of nitrogens with zero attached hydrogens (tertiary/aromatic N) is 1. The monoisotopic (exact) mass is 439 g/mol. The van der Waals surface area contributed by atoms with Gasteiger partial charge in [-0.2, -0.15) is 0 Å². The molecule has 8 nitrogen and oxygen atoms in total. The molecule has 2 aliphatic rings. The quantitative estimate of drug-likeness (QED) is 0.641. The van der Waals surface area contributed by atoms with E-state index in [-0.39, 0.29) is 45.9 Å². The Morgan fingerprint density at radius 2 is 1.87 bits per heavy atom. The predicted octanol–water partition coefficient (Wildman–Crippen LogP) is 1.75. The highest BCUT2D eigenvalue weighted by atomic mass is 32.2. The minimum Gasteiger partial charge on any atom is -0.495 e. The normalized spacial score (nSPS) is 23.2. The Morgan fingerprint density at radius 3 is 2.43 bits per heavy atom. The number of morpholine rings is 1. The molecule has 0 bridgehead atoms. The van der Waals surface area contributed by atoms with Gasteiger partial charge in [0.2, 0.25) is 10.0 Å². The van der Waals surface area contributed by atoms with E-state index in [1.165, 1.54) is 19.2 Å². The summed E-state index contributed by atoms with van der Waals surface area (Å²) in [6, 6.07) is 4.45. The first-order valence-corrected chi connectivity index (χ1v) is 11.9. The maximum Gasteiger partial charge on any atom is 0.251 e. The zero-order valence-corrected chi connectivity index (χ0v) is 19.2. The molecule has 0 aromatic heterocycles. The van der Waals surface area contributed by atoms with Crippen molar-refractivity contribution in [2.75, 3.05) is 26.7 Å². The van der Waals surface area contributed by atoms with Gasteiger partial charge in [-0.1, -0.05) is 0 Å². The Morgan fingerprint density at radius 1 is 1.23 bits per heavy atom. The zero-order valence-electron chi connectivity index (χ0n) is 18.4. The van der Waals surface area contributed by atoms with E-state index in [0.717, 1.165) is 25.9 Å². The Kier molecular flexibility index (Phi) is 6.76. The van der Waals surface area contributed by atoms with Crippen molar-refractivity contribution in [2.45, 2.75) is 69.2 Å². The van der Waals surface area contributed by atoms with Crippen LogP contribution in [0.3, 0.4) is 0 Å². The van der Waals surface area contributed by atoms with Crippen molar-refractivity contribution < 1.29 is 22.7 Å². The molecular formula is C21H33N3O5S. The third-order valence-electron chi connectivity index (χ3n) is 5.57. The van der Waals surface area contributed by atoms with Crippen LogP contribution in [0.15, 0.2) is 23.1 Å². The van der Waals surface area contributed by atoms with Crippen LogP contribution in [-0.2, 0) is 14.8 Å². The van der Waals surface area contributed by atoms with Gasteiger partial charge in [-0.15, -0.1) is 0 Å². The highest BCUT2D eigenvalue weighted by Gasteiger charge is 2.34. The Labute approximate surface area is 179 Å². The molecule has 0 spiro atoms. The van der Waals surface area contributed by atoms with Crippen LogP contribution in [0.25, 0.3) is 0 Å². The highest BCUT2D eigenvalue weighted by molar-refractivity contribution is 7.89. The van der Waals surface area contributed by atoms with E-state index >= 15 is 0 Å². The molecule has 0 radical (unpaired) electrons. The van der Waals surface area contributed by atoms with Crippen molar-refractivity contribution in [3.8, 4) is 5.75 Å². The van der Waals surface area contributed by atoms with Gasteiger partial charge in [0.25, 0.3) is 5.91 Å². The van der Waals surface area contributed by atoms with Gasteiger partial charge in [-0.3, -0.25) is 9.69 Å². The van der Waals surface area contributed by atoms with Gasteiger partial charge in [0.05, 0.1) is 19.3 Å². The third-order valence-corrected chi connectivity index (χ3v) is 7.11. The van der Waals surface area contributed by atoms with Gasteiger partial charge in [0.15, 0.2) is 0 Å². The second-order valence-corrected chi connectivity index (χ2v) is 10.6. The zero-order chi connectivity index (χ0) is 22.1. The maximum atomic E-state index is 12.8. The fraction of sp³-hybridized carbons (Fsp3) is 0.667. The minimum absolute atomic E-state index is 0.0142. The van der Waals surface area contributed by atoms with Crippen LogP contribution in [-0.4, -0.2) is 69.8 Å². The molecule has 2 atom stereocenters. The molecule has 1 saturated heterocycles. The predicted molar refractivity (Wildman–Crippen MR) is 114 cm³/mol. The SMILES string of the molecule is COc1ccc(C(=O)NCC(C)(C)N2CC(C)OC(C)C2)cc1S(=O)(=O)NC1CC1. The number of hydrogen-bond acceptors (Lipinski definition) is 6. The van der Waals surface area contributed by atoms with Crippen LogP contribution < -0.4 is 14.8 Å². The van der Waals surface area contributed by atoms with E-state index < -0.39 is 10.0 Å². The average Bonchev–Trinajstić information content (AvgIpc) is 3.48. The molecule has 2 N–H and O–H groups in total. The molecular weight excluding hydrogens is 406 g/mol. The van der Waals surface area contributed by atoms with Gasteiger partial charge >= 0.3 is 0 Å². The standard InChI is InChI=1S/C21H33N3O5S/c1-14-11-24(12-15(2)29-14)21(3,4)13-22-20(25)16-6-9-18(28-5)19(10-16)30(26,27)23-17-7-8-17/h6,9-10,14-15,17,23H,7-8,11-13H2,1-5H3,(H,22,25). The van der Waals surface area contributed by atoms with Crippen LogP contribution in [0.5, 0.6) is 5.75 Å². The molecule has 3 rings (SSSR count). The van der Waals surface area contributed by atoms with Crippen LogP contribution in [0, 0.1) is 0 Å². The van der Waals surface area contributed by atoms with Crippen molar-refractivity contribution in [3.63, 3.8) is 0 Å². The first-order chi connectivity index (χ1) is 14.0. The fourth-order valence-electron chi connectivity index (χ4n) is 3.69. The molecule has 1 aromatic carbocycles. The van der Waals surface area contributed by atoms with E-state index in [2.05, 4.69) is 28.8 Å². The molecule has 30 heavy (non-hydrogen) atoms. The lowest BCUT2D eigenvalue weighted by Crippen LogP contribution is -2.58. The van der Waals surface area contributed by atoms with Crippen molar-refractivity contribution in [1.82, 2.24) is 14.9 Å². The summed E-state index contributed by atoms with van der Waals surface area (Å²) >= 11 is 0. The van der Waals surface area contributed by atoms with Crippen molar-refractivity contribution in [2.24, 2.45) is 0 Å². The summed E-state index contributed by atoms with van der Waals surface area (Å²) in [5, 5.41) is 2.96. The van der Waals surface area contributed by atoms with E-state index in [1.54, 1.807) is 6.07 Å². The number of amides is 1. The van der Waals surface area contributed by atoms with Gasteiger partial charge in [0, 0.05) is 36.8 Å². The smallest absolute Gasteiger partial charge is 0.251 e. The van der Waals surface area contributed by atoms with E-state index in [9.17, 15) is 13.2 Å². The number of carbonyl (C=O) groups is 1. The molecule has 1 aliphatic heterocycles. The first kappa shape index (κ1) is 23.0. The van der Waals surface area contributed by atoms with Gasteiger partial charge in [-0.05, 0) is 58.7 Å². The number of nitrogens with one attached hydrogen (secondary N) is 2. The van der Waals surface area contributed by atoms with Crippen LogP contribution in [0.2, 0.25) is 0 Å². The summed E-state index contributed by atoms with van der Waals surface area (Å²) in [6.07, 6.45) is 1.93. The summed E-state index contributed by atoms with van der Waals surface area (Å²) in [6.45, 7) is 10.3. The number of sulfonamides is 1. The number of rotatable bonds is 8. The number of hydrogen-bond donors (Lipinski definition) is 2. The maximum absolute atomic E-state index is 12.8. The molecule has 1 aromatic rings. The molecule has 1 aliphatic carbocycles. The lowest BCUT2D eigenvalue weighted by atomic mass is 10.00. The van der Waals surface area contributed by atoms with Crippen molar-refractivity contribution in [1.29, 1.82) is 0 Å². The Bertz CT molecular complexity index is 873. The number of benzene rings is 1. The van der Waals surface area contributed by atoms with Crippen LogP contribution in [0.1, 0.15) is 50.9 Å². The topological polar surface area (TPSA) is 97.0 Å². The average molecular weight is 440 g/mol. The lowest BCUT2D eigenvalue weighted by Gasteiger charge is -2.45. The Hall–Kier alpha value is -1.68. The highest BCUT2D eigenvalue weighted by Crippen LogP contribution is 2.28. The van der Waals surface area contributed by atoms with E-state index in [4.69, 9.17) is 9.47 Å². The number of carbonyl (C=O) groups excluding carboxylic acids is 1. The number of ether oxygens (including phenoxy) is 2. The molecule has 1 heterocycles. The number of methoxy groups -OCH3 is 1. The van der Waals surface area contributed by atoms with Gasteiger partial charge in [-0.25, -0.2) is 13.1 Å². The van der Waals surface area contributed by atoms with Crippen LogP contribution >= 0.6 is 0 Å². The molecule has 1 amide bonds. The molecule has 2 unspecified atom stereocenters. The van der Waals surface area contributed by atoms with E-state index in [0.29, 0.717) is 6.54 Å². The largest absolute Gasteiger partial charge is 0.495 e. The summed E-state index contributed by atoms with van der Waals surface area (Å²) in [7, 11) is -2.33. The second kappa shape index (κ2) is 8.82. The van der Waals surface area contributed by atoms with E-state index in [1.807, 2.05) is 13.8 Å². The summed E-state index contributed by atoms with van der Waals surface area (Å²) in [5.41, 5.74) is 0.0168. The lowest BCUT2D eigenvalue weighted by molar-refractivity contribution is -0.0948. The van der Waals surface area contributed by atoms with Gasteiger partial charge in [0.1, 0.15) is 10.6 Å². The summed E-state index contributed by atoms with van der Waals surface area (Å²) in [5.74, 6) is -0.0979. The molecule has 2 fully saturated rings. The van der Waals surface area contributed by atoms with Crippen molar-refractivity contribution in [3.05, 3.63) is 23.8 Å². The van der Waals surface area contributed by atoms with Gasteiger partial charge < -0.3 is 14.8 Å². The summed E-state index contributed by atoms with van der Waals surface area (Å²) < 4.78 is 39.0. The van der Waals surface area contributed by atoms with Crippen LogP contribution in [0.4, 0.5) is 0 Å². The second-order valence-electron chi connectivity index (χ2n) is 8.92. The first-order valence-electron chi connectivity index (χ1n) is 10.4. The Balaban J connectivity index is 1.71. The molecule has 1 saturated carbocycles. The minimum atomic E-state index is -3.75. The fourth-order valence-corrected chi connectivity index (χ4v) is 5.19. The molecule has 168 valence electrons. The summed E-state index contributed by atoms with van der Waals surface area (Å²) in [4.78, 5) is 15.1. The van der Waals surface area contributed by atoms with Crippen molar-refractivity contribution >= 4 is 15.9 Å². The molecule has 9 heteroatoms. The third kappa shape index (κ3) is 5.51.